The minimum absolute atomic E-state index is 0.610. The van der Waals surface area contributed by atoms with Crippen LogP contribution in [0, 0.1) is 0 Å². The van der Waals surface area contributed by atoms with Gasteiger partial charge >= 0.3 is 0 Å². The number of nitrogens with zero attached hydrogens (tertiary/aromatic N) is 1. The lowest BCUT2D eigenvalue weighted by Gasteiger charge is -2.29. The molecule has 1 rings (SSSR count). The molecule has 2 nitrogen and oxygen atoms in total. The topological polar surface area (TPSA) is 15.3 Å². The summed E-state index contributed by atoms with van der Waals surface area (Å²) in [7, 11) is 0. The molecule has 1 unspecified atom stereocenters. The summed E-state index contributed by atoms with van der Waals surface area (Å²) in [6.07, 6.45) is 2.38. The number of hydrogen-bond donors (Lipinski definition) is 1. The van der Waals surface area contributed by atoms with Crippen molar-refractivity contribution in [2.24, 2.45) is 0 Å². The predicted octanol–water partition coefficient (Wildman–Crippen LogP) is 3.81. The first-order chi connectivity index (χ1) is 8.72. The normalized spacial score (nSPS) is 12.4. The summed E-state index contributed by atoms with van der Waals surface area (Å²) in [4.78, 5) is 2.46. The van der Waals surface area contributed by atoms with E-state index >= 15 is 0 Å². The molecular formula is C16H28N2. The fourth-order valence-corrected chi connectivity index (χ4v) is 2.18. The second kappa shape index (κ2) is 8.15. The molecule has 2 heteroatoms. The molecule has 0 saturated heterocycles. The summed E-state index contributed by atoms with van der Waals surface area (Å²) in [6.45, 7) is 12.1. The molecule has 1 atom stereocenters. The zero-order valence-corrected chi connectivity index (χ0v) is 12.4. The maximum Gasteiger partial charge on any atom is 0.0368 e. The van der Waals surface area contributed by atoms with Gasteiger partial charge < -0.3 is 10.2 Å². The Kier molecular flexibility index (Phi) is 6.81. The molecule has 0 aromatic heterocycles. The van der Waals surface area contributed by atoms with Gasteiger partial charge in [0.05, 0.1) is 0 Å². The molecule has 0 radical (unpaired) electrons. The Morgan fingerprint density at radius 2 is 1.78 bits per heavy atom. The van der Waals surface area contributed by atoms with Crippen molar-refractivity contribution in [3.05, 3.63) is 29.8 Å². The fourth-order valence-electron chi connectivity index (χ4n) is 2.18. The second-order valence-corrected chi connectivity index (χ2v) is 4.89. The fraction of sp³-hybridized carbons (Fsp3) is 0.625. The van der Waals surface area contributed by atoms with Gasteiger partial charge in [-0.3, -0.25) is 0 Å². The average molecular weight is 248 g/mol. The third kappa shape index (κ3) is 4.34. The van der Waals surface area contributed by atoms with Crippen LogP contribution in [-0.4, -0.2) is 19.1 Å². The Hall–Kier alpha value is -1.02. The van der Waals surface area contributed by atoms with Gasteiger partial charge in [0.25, 0.3) is 0 Å². The first-order valence-electron chi connectivity index (χ1n) is 7.29. The van der Waals surface area contributed by atoms with E-state index in [4.69, 9.17) is 0 Å². The molecular weight excluding hydrogens is 220 g/mol. The van der Waals surface area contributed by atoms with Gasteiger partial charge in [0.2, 0.25) is 0 Å². The quantitative estimate of drug-likeness (QED) is 0.704. The van der Waals surface area contributed by atoms with E-state index in [9.17, 15) is 0 Å². The molecule has 0 saturated carbocycles. The third-order valence-corrected chi connectivity index (χ3v) is 3.49. The van der Waals surface area contributed by atoms with Crippen LogP contribution in [0.15, 0.2) is 24.3 Å². The molecule has 0 amide bonds. The molecule has 0 bridgehead atoms. The SMILES string of the molecule is CCCNCc1ccc(N(CC)C(C)CC)cc1. The van der Waals surface area contributed by atoms with E-state index in [1.807, 2.05) is 0 Å². The Morgan fingerprint density at radius 3 is 2.28 bits per heavy atom. The summed E-state index contributed by atoms with van der Waals surface area (Å²) in [5, 5.41) is 3.43. The van der Waals surface area contributed by atoms with Crippen LogP contribution in [0.1, 0.15) is 46.1 Å². The lowest BCUT2D eigenvalue weighted by molar-refractivity contribution is 0.629. The molecule has 0 aliphatic rings. The van der Waals surface area contributed by atoms with Crippen molar-refractivity contribution >= 4 is 5.69 Å². The van der Waals surface area contributed by atoms with Gasteiger partial charge in [0.1, 0.15) is 0 Å². The molecule has 0 aliphatic heterocycles. The van der Waals surface area contributed by atoms with Crippen LogP contribution in [0.5, 0.6) is 0 Å². The smallest absolute Gasteiger partial charge is 0.0368 e. The summed E-state index contributed by atoms with van der Waals surface area (Å²) in [6, 6.07) is 9.59. The van der Waals surface area contributed by atoms with E-state index in [0.717, 1.165) is 19.6 Å². The molecule has 18 heavy (non-hydrogen) atoms. The number of nitrogens with one attached hydrogen (secondary N) is 1. The van der Waals surface area contributed by atoms with Crippen molar-refractivity contribution in [2.75, 3.05) is 18.0 Å². The van der Waals surface area contributed by atoms with Crippen molar-refractivity contribution in [1.29, 1.82) is 0 Å². The highest BCUT2D eigenvalue weighted by atomic mass is 15.1. The van der Waals surface area contributed by atoms with Crippen molar-refractivity contribution in [3.8, 4) is 0 Å². The zero-order chi connectivity index (χ0) is 13.4. The first-order valence-corrected chi connectivity index (χ1v) is 7.29. The largest absolute Gasteiger partial charge is 0.369 e. The van der Waals surface area contributed by atoms with E-state index in [1.54, 1.807) is 0 Å². The van der Waals surface area contributed by atoms with Crippen molar-refractivity contribution in [3.63, 3.8) is 0 Å². The van der Waals surface area contributed by atoms with E-state index < -0.39 is 0 Å². The highest BCUT2D eigenvalue weighted by Crippen LogP contribution is 2.19. The maximum atomic E-state index is 3.43. The molecule has 1 aromatic carbocycles. The molecule has 0 aliphatic carbocycles. The lowest BCUT2D eigenvalue weighted by Crippen LogP contribution is -2.32. The van der Waals surface area contributed by atoms with Gasteiger partial charge in [-0.15, -0.1) is 0 Å². The van der Waals surface area contributed by atoms with Crippen LogP contribution in [0.2, 0.25) is 0 Å². The first kappa shape index (κ1) is 15.0. The highest BCUT2D eigenvalue weighted by Gasteiger charge is 2.10. The summed E-state index contributed by atoms with van der Waals surface area (Å²) in [5.74, 6) is 0. The van der Waals surface area contributed by atoms with E-state index in [1.165, 1.54) is 24.1 Å². The van der Waals surface area contributed by atoms with Gasteiger partial charge in [-0.2, -0.15) is 0 Å². The van der Waals surface area contributed by atoms with Gasteiger partial charge in [0.15, 0.2) is 0 Å². The number of benzene rings is 1. The number of rotatable bonds is 8. The van der Waals surface area contributed by atoms with Crippen LogP contribution in [-0.2, 0) is 6.54 Å². The number of anilines is 1. The van der Waals surface area contributed by atoms with Crippen molar-refractivity contribution < 1.29 is 0 Å². The Bertz CT molecular complexity index is 318. The molecule has 102 valence electrons. The predicted molar refractivity (Wildman–Crippen MR) is 81.2 cm³/mol. The van der Waals surface area contributed by atoms with Gasteiger partial charge in [-0.1, -0.05) is 26.0 Å². The molecule has 0 fully saturated rings. The zero-order valence-electron chi connectivity index (χ0n) is 12.4. The molecule has 0 spiro atoms. The molecule has 1 N–H and O–H groups in total. The Morgan fingerprint density at radius 1 is 1.11 bits per heavy atom. The van der Waals surface area contributed by atoms with Crippen LogP contribution in [0.3, 0.4) is 0 Å². The van der Waals surface area contributed by atoms with Crippen LogP contribution < -0.4 is 10.2 Å². The van der Waals surface area contributed by atoms with E-state index in [0.29, 0.717) is 6.04 Å². The third-order valence-electron chi connectivity index (χ3n) is 3.49. The average Bonchev–Trinajstić information content (AvgIpc) is 2.41. The standard InChI is InChI=1S/C16H28N2/c1-5-12-17-13-15-8-10-16(11-9-15)18(7-3)14(4)6-2/h8-11,14,17H,5-7,12-13H2,1-4H3. The summed E-state index contributed by atoms with van der Waals surface area (Å²) in [5.41, 5.74) is 2.71. The monoisotopic (exact) mass is 248 g/mol. The minimum atomic E-state index is 0.610. The van der Waals surface area contributed by atoms with Crippen molar-refractivity contribution in [2.45, 2.75) is 53.1 Å². The lowest BCUT2D eigenvalue weighted by atomic mass is 10.1. The van der Waals surface area contributed by atoms with Crippen molar-refractivity contribution in [1.82, 2.24) is 5.32 Å². The van der Waals surface area contributed by atoms with Gasteiger partial charge in [0, 0.05) is 24.8 Å². The van der Waals surface area contributed by atoms with Crippen LogP contribution in [0.25, 0.3) is 0 Å². The summed E-state index contributed by atoms with van der Waals surface area (Å²) < 4.78 is 0. The van der Waals surface area contributed by atoms with E-state index in [2.05, 4.69) is 62.2 Å². The Labute approximate surface area is 112 Å². The molecule has 1 aromatic rings. The van der Waals surface area contributed by atoms with Crippen LogP contribution >= 0.6 is 0 Å². The van der Waals surface area contributed by atoms with Gasteiger partial charge in [-0.05, 0) is 50.9 Å². The Balaban J connectivity index is 2.63. The minimum Gasteiger partial charge on any atom is -0.369 e. The second-order valence-electron chi connectivity index (χ2n) is 4.89. The highest BCUT2D eigenvalue weighted by molar-refractivity contribution is 5.48. The van der Waals surface area contributed by atoms with Gasteiger partial charge in [-0.25, -0.2) is 0 Å². The molecule has 0 heterocycles. The summed E-state index contributed by atoms with van der Waals surface area (Å²) >= 11 is 0. The van der Waals surface area contributed by atoms with Crippen LogP contribution in [0.4, 0.5) is 5.69 Å². The number of hydrogen-bond acceptors (Lipinski definition) is 2. The van der Waals surface area contributed by atoms with E-state index in [-0.39, 0.29) is 0 Å². The maximum absolute atomic E-state index is 3.43.